The maximum absolute atomic E-state index is 4.77. The molecule has 0 aromatic heterocycles. The van der Waals surface area contributed by atoms with Crippen molar-refractivity contribution in [3.8, 4) is 0 Å². The van der Waals surface area contributed by atoms with Crippen molar-refractivity contribution in [2.75, 3.05) is 0 Å². The first kappa shape index (κ1) is 22.3. The van der Waals surface area contributed by atoms with Crippen molar-refractivity contribution < 1.29 is 0 Å². The van der Waals surface area contributed by atoms with Gasteiger partial charge in [-0.3, -0.25) is 0 Å². The van der Waals surface area contributed by atoms with E-state index in [4.69, 9.17) is 6.58 Å². The Morgan fingerprint density at radius 3 is 0.556 bits per heavy atom. The molecule has 0 saturated heterocycles. The minimum atomic E-state index is -0.160. The summed E-state index contributed by atoms with van der Waals surface area (Å²) in [5.41, 5.74) is 6.86. The molecule has 4 aliphatic carbocycles. The minimum Gasteiger partial charge on any atom is -0.103 e. The van der Waals surface area contributed by atoms with Gasteiger partial charge in [-0.25, -0.2) is 0 Å². The fourth-order valence-corrected chi connectivity index (χ4v) is 23.9. The van der Waals surface area contributed by atoms with Gasteiger partial charge in [0.2, 0.25) is 0 Å². The lowest BCUT2D eigenvalue weighted by atomic mass is 9.56. The molecule has 0 amide bonds. The van der Waals surface area contributed by atoms with E-state index in [1.54, 1.807) is 313 Å². The fourth-order valence-electron chi connectivity index (χ4n) is 23.9. The average Bonchev–Trinajstić information content (AvgIpc) is 4.13. The van der Waals surface area contributed by atoms with Crippen molar-refractivity contribution >= 4 is 291 Å². The molecular weight excluding hydrogens is 757 g/mol. The Morgan fingerprint density at radius 2 is 0.365 bits per heavy atom. The molecule has 0 aliphatic heterocycles. The number of benzene rings is 18. The monoisotopic (exact) mass is 762 g/mol. The topological polar surface area (TPSA) is 0 Å². The highest BCUT2D eigenvalue weighted by atomic mass is 14.6. The van der Waals surface area contributed by atoms with Crippen molar-refractivity contribution in [3.63, 3.8) is 0 Å². The van der Waals surface area contributed by atoms with Gasteiger partial charge in [-0.2, -0.15) is 0 Å². The smallest absolute Gasteiger partial charge is 0.0372 e. The lowest BCUT2D eigenvalue weighted by Gasteiger charge is -2.45. The normalized spacial score (nSPS) is 21.7. The van der Waals surface area contributed by atoms with Crippen LogP contribution in [0.25, 0.3) is 291 Å². The summed E-state index contributed by atoms with van der Waals surface area (Å²) < 4.78 is 0. The predicted molar refractivity (Wildman–Crippen MR) is 270 cm³/mol. The molecule has 4 aliphatic rings. The molecule has 0 atom stereocenters. The van der Waals surface area contributed by atoms with E-state index in [2.05, 4.69) is 6.08 Å². The zero-order valence-corrected chi connectivity index (χ0v) is 32.1. The summed E-state index contributed by atoms with van der Waals surface area (Å²) in [7, 11) is 0. The summed E-state index contributed by atoms with van der Waals surface area (Å²) in [6, 6.07) is 0. The second-order valence-electron chi connectivity index (χ2n) is 23.7. The molecular formula is C63H6. The molecule has 0 N–H and O–H groups in total. The molecule has 32 rings (SSSR count). The van der Waals surface area contributed by atoms with E-state index in [9.17, 15) is 0 Å². The molecule has 0 bridgehead atoms. The Morgan fingerprint density at radius 1 is 0.222 bits per heavy atom. The van der Waals surface area contributed by atoms with Crippen LogP contribution in [0.4, 0.5) is 0 Å². The first-order chi connectivity index (χ1) is 31.4. The molecule has 0 nitrogen and oxygen atoms in total. The van der Waals surface area contributed by atoms with Gasteiger partial charge in [-0.15, -0.1) is 6.58 Å². The molecule has 63 heavy (non-hydrogen) atoms. The van der Waals surface area contributed by atoms with Crippen molar-refractivity contribution in [1.82, 2.24) is 0 Å². The van der Waals surface area contributed by atoms with E-state index in [1.165, 1.54) is 0 Å². The molecule has 28 aromatic rings. The molecule has 28 aromatic carbocycles. The second kappa shape index (κ2) is 4.89. The van der Waals surface area contributed by atoms with E-state index in [1.807, 2.05) is 0 Å². The molecule has 0 spiro atoms. The Kier molecular flexibility index (Phi) is 1.73. The summed E-state index contributed by atoms with van der Waals surface area (Å²) in [4.78, 5) is 0. The zero-order valence-electron chi connectivity index (χ0n) is 32.1. The minimum absolute atomic E-state index is 0.160. The predicted octanol–water partition coefficient (Wildman–Crippen LogP) is 17.7. The first-order valence-corrected chi connectivity index (χ1v) is 23.8. The van der Waals surface area contributed by atoms with Crippen LogP contribution >= 0.6 is 0 Å². The van der Waals surface area contributed by atoms with E-state index in [0.717, 1.165) is 6.42 Å². The standard InChI is InChI=1S/C63H6/c1-2-3-63-60-56-50-36-28-20-8-5-4-6-9(8)21-23-19-13(6)15-11-7(4)10-14-12(5)18-22(20)34(36)42-40-26(18)24(14)32-30-16(10)17(11)31-33-25(15)27(19)41-43-35(23)37(29(21)28)51(50)57(60)53(43)55-47(41)45(33)49-39(31)38(30)48-44(32)46(40)54(52(42)56)61(63)58(48)59(49)62(55)63/h2,60H,1,3H2. The Hall–Kier alpha value is -7.80. The summed E-state index contributed by atoms with van der Waals surface area (Å²) in [6.45, 7) is 4.77. The van der Waals surface area contributed by atoms with E-state index in [0.29, 0.717) is 5.92 Å². The average molecular weight is 763 g/mol. The summed E-state index contributed by atoms with van der Waals surface area (Å²) in [5.74, 6) is 0.320. The third-order valence-electron chi connectivity index (χ3n) is 23.8. The number of rotatable bonds is 2. The highest BCUT2D eigenvalue weighted by molar-refractivity contribution is 6.82. The molecule has 0 saturated carbocycles. The van der Waals surface area contributed by atoms with Crippen LogP contribution in [0.1, 0.15) is 34.6 Å². The maximum atomic E-state index is 4.77. The zero-order chi connectivity index (χ0) is 37.0. The van der Waals surface area contributed by atoms with Crippen LogP contribution in [0.3, 0.4) is 0 Å². The summed E-state index contributed by atoms with van der Waals surface area (Å²) >= 11 is 0. The highest BCUT2D eigenvalue weighted by Crippen LogP contribution is 2.83. The number of hydrogen-bond acceptors (Lipinski definition) is 0. The molecule has 258 valence electrons. The van der Waals surface area contributed by atoms with Gasteiger partial charge in [-0.1, -0.05) is 6.08 Å². The van der Waals surface area contributed by atoms with E-state index < -0.39 is 0 Å². The maximum Gasteiger partial charge on any atom is 0.0372 e. The Bertz CT molecular complexity index is 6680. The number of allylic oxidation sites excluding steroid dienone is 1. The molecule has 0 unspecified atom stereocenters. The summed E-state index contributed by atoms with van der Waals surface area (Å²) in [6.07, 6.45) is 3.40. The van der Waals surface area contributed by atoms with Crippen LogP contribution in [0.5, 0.6) is 0 Å². The van der Waals surface area contributed by atoms with Crippen molar-refractivity contribution in [2.24, 2.45) is 0 Å². The molecule has 0 heterocycles. The van der Waals surface area contributed by atoms with Crippen LogP contribution < -0.4 is 0 Å². The van der Waals surface area contributed by atoms with Gasteiger partial charge in [0.1, 0.15) is 0 Å². The van der Waals surface area contributed by atoms with E-state index >= 15 is 0 Å². The third kappa shape index (κ3) is 1.13. The quantitative estimate of drug-likeness (QED) is 0.122. The fraction of sp³-hybridized carbons (Fsp3) is 0.0476. The van der Waals surface area contributed by atoms with Crippen molar-refractivity contribution in [3.05, 3.63) is 34.9 Å². The van der Waals surface area contributed by atoms with Gasteiger partial charge in [0.25, 0.3) is 0 Å². The van der Waals surface area contributed by atoms with E-state index in [-0.39, 0.29) is 5.41 Å². The summed E-state index contributed by atoms with van der Waals surface area (Å²) in [5, 5.41) is 90.4. The van der Waals surface area contributed by atoms with Gasteiger partial charge in [0.05, 0.1) is 0 Å². The van der Waals surface area contributed by atoms with Gasteiger partial charge >= 0.3 is 0 Å². The van der Waals surface area contributed by atoms with Crippen LogP contribution in [-0.2, 0) is 5.41 Å². The molecule has 0 radical (unpaired) electrons. The molecule has 0 heteroatoms. The van der Waals surface area contributed by atoms with Crippen LogP contribution in [0.2, 0.25) is 0 Å². The van der Waals surface area contributed by atoms with Crippen molar-refractivity contribution in [1.29, 1.82) is 0 Å². The lowest BCUT2D eigenvalue weighted by molar-refractivity contribution is 0.482. The highest BCUT2D eigenvalue weighted by Gasteiger charge is 2.62. The van der Waals surface area contributed by atoms with Gasteiger partial charge in [0, 0.05) is 11.3 Å². The largest absolute Gasteiger partial charge is 0.103 e. The first-order valence-electron chi connectivity index (χ1n) is 23.8. The number of hydrogen-bond donors (Lipinski definition) is 0. The SMILES string of the molecule is C=CCC12c3c4c5c6c7c8c(c9c%10c1c1c3c3c%11c4c4c5c5c7c7c%12c8c8c9c9c%10c%10c1c1c3c3c%11c%11c4c4c5c7c5c7c%12c8c8c9c9c%10c1c1c3c3c%11c4c5c4c7c8c9c1c34)C62. The van der Waals surface area contributed by atoms with Crippen LogP contribution in [0, 0.1) is 0 Å². The van der Waals surface area contributed by atoms with Gasteiger partial charge in [0.15, 0.2) is 0 Å². The second-order valence-corrected chi connectivity index (χ2v) is 23.7. The third-order valence-corrected chi connectivity index (χ3v) is 23.8. The Balaban J connectivity index is 1.31. The van der Waals surface area contributed by atoms with Crippen LogP contribution in [-0.4, -0.2) is 0 Å². The van der Waals surface area contributed by atoms with Crippen LogP contribution in [0.15, 0.2) is 12.7 Å². The molecule has 0 fully saturated rings. The van der Waals surface area contributed by atoms with Gasteiger partial charge < -0.3 is 0 Å². The van der Waals surface area contributed by atoms with Gasteiger partial charge in [-0.05, 0) is 320 Å². The Labute approximate surface area is 341 Å². The lowest BCUT2D eigenvalue weighted by Crippen LogP contribution is -2.36. The van der Waals surface area contributed by atoms with Crippen molar-refractivity contribution in [2.45, 2.75) is 17.8 Å².